The van der Waals surface area contributed by atoms with Crippen molar-refractivity contribution in [1.82, 2.24) is 0 Å². The van der Waals surface area contributed by atoms with Gasteiger partial charge in [0.05, 0.1) is 13.2 Å². The molecule has 0 aliphatic heterocycles. The molecule has 3 aromatic rings. The summed E-state index contributed by atoms with van der Waals surface area (Å²) < 4.78 is 17.4. The fourth-order valence-corrected chi connectivity index (χ4v) is 4.59. The van der Waals surface area contributed by atoms with Crippen molar-refractivity contribution in [3.05, 3.63) is 57.8 Å². The lowest BCUT2D eigenvalue weighted by atomic mass is 9.82. The molecule has 1 aliphatic carbocycles. The van der Waals surface area contributed by atoms with Crippen molar-refractivity contribution in [2.24, 2.45) is 5.92 Å². The van der Waals surface area contributed by atoms with Crippen LogP contribution in [0, 0.1) is 5.92 Å². The normalized spacial score (nSPS) is 23.6. The summed E-state index contributed by atoms with van der Waals surface area (Å²) in [5, 5.41) is 52.1. The highest BCUT2D eigenvalue weighted by Gasteiger charge is 2.43. The van der Waals surface area contributed by atoms with Crippen LogP contribution in [0.1, 0.15) is 32.8 Å². The Morgan fingerprint density at radius 2 is 1.73 bits per heavy atom. The molecule has 1 fully saturated rings. The fraction of sp³-hybridized carbons (Fsp3) is 0.393. The van der Waals surface area contributed by atoms with E-state index in [-0.39, 0.29) is 41.1 Å². The molecule has 0 spiro atoms. The minimum atomic E-state index is -1.47. The second-order valence-corrected chi connectivity index (χ2v) is 9.74. The van der Waals surface area contributed by atoms with E-state index in [1.807, 2.05) is 19.9 Å². The predicted molar refractivity (Wildman–Crippen MR) is 137 cm³/mol. The first-order valence-electron chi connectivity index (χ1n) is 12.1. The summed E-state index contributed by atoms with van der Waals surface area (Å²) in [6, 6.07) is 7.75. The van der Waals surface area contributed by atoms with Crippen LogP contribution in [0.4, 0.5) is 0 Å². The number of phenols is 2. The molecule has 37 heavy (non-hydrogen) atoms. The summed E-state index contributed by atoms with van der Waals surface area (Å²) in [4.78, 5) is 13.8. The van der Waals surface area contributed by atoms with E-state index in [9.17, 15) is 30.3 Å². The summed E-state index contributed by atoms with van der Waals surface area (Å²) in [5.41, 5.74) is 1.05. The number of hydrogen-bond donors (Lipinski definition) is 5. The lowest BCUT2D eigenvalue weighted by molar-refractivity contribution is -0.147. The number of phenolic OH excluding ortho intramolecular Hbond substituents is 2. The van der Waals surface area contributed by atoms with E-state index < -0.39 is 41.5 Å². The van der Waals surface area contributed by atoms with Gasteiger partial charge in [-0.25, -0.2) is 0 Å². The van der Waals surface area contributed by atoms with E-state index in [1.54, 1.807) is 31.2 Å². The topological polar surface area (TPSA) is 150 Å². The zero-order valence-electron chi connectivity index (χ0n) is 21.1. The van der Waals surface area contributed by atoms with Gasteiger partial charge in [-0.3, -0.25) is 4.79 Å². The van der Waals surface area contributed by atoms with Crippen molar-refractivity contribution in [3.8, 4) is 34.3 Å². The van der Waals surface area contributed by atoms with Gasteiger partial charge in [0, 0.05) is 17.2 Å². The van der Waals surface area contributed by atoms with Gasteiger partial charge in [-0.1, -0.05) is 18.6 Å². The van der Waals surface area contributed by atoms with Crippen LogP contribution in [0.15, 0.2) is 51.2 Å². The number of fused-ring (bicyclic) bond motifs is 1. The number of ether oxygens (including phenoxy) is 2. The van der Waals surface area contributed by atoms with Gasteiger partial charge in [0.2, 0.25) is 11.2 Å². The largest absolute Gasteiger partial charge is 0.507 e. The number of aromatic hydroxyl groups is 2. The summed E-state index contributed by atoms with van der Waals surface area (Å²) >= 11 is 0. The van der Waals surface area contributed by atoms with Gasteiger partial charge in [0.25, 0.3) is 0 Å². The van der Waals surface area contributed by atoms with Crippen LogP contribution >= 0.6 is 0 Å². The molecule has 2 aromatic carbocycles. The molecule has 0 saturated heterocycles. The van der Waals surface area contributed by atoms with Crippen molar-refractivity contribution in [1.29, 1.82) is 0 Å². The molecule has 198 valence electrons. The quantitative estimate of drug-likeness (QED) is 0.314. The van der Waals surface area contributed by atoms with Gasteiger partial charge < -0.3 is 39.4 Å². The number of aliphatic hydroxyl groups excluding tert-OH is 3. The smallest absolute Gasteiger partial charge is 0.239 e. The summed E-state index contributed by atoms with van der Waals surface area (Å²) in [7, 11) is 1.52. The maximum atomic E-state index is 13.8. The third-order valence-electron chi connectivity index (χ3n) is 6.79. The maximum Gasteiger partial charge on any atom is 0.239 e. The van der Waals surface area contributed by atoms with Crippen molar-refractivity contribution in [2.75, 3.05) is 7.11 Å². The molecule has 0 amide bonds. The number of aliphatic hydroxyl groups is 3. The lowest BCUT2D eigenvalue weighted by Crippen LogP contribution is -2.54. The average Bonchev–Trinajstić information content (AvgIpc) is 2.86. The SMILES string of the molecule is COc1ccc(-c2oc3c(CC=C(C)C)c(O)cc(O)c3c(=O)c2OC2CC(C)C(O)C(O)C2O)cc1. The first-order chi connectivity index (χ1) is 17.5. The van der Waals surface area contributed by atoms with E-state index >= 15 is 0 Å². The van der Waals surface area contributed by atoms with Gasteiger partial charge >= 0.3 is 0 Å². The molecule has 1 heterocycles. The van der Waals surface area contributed by atoms with Crippen LogP contribution < -0.4 is 14.9 Å². The molecule has 4 rings (SSSR count). The second kappa shape index (κ2) is 10.5. The molecule has 5 N–H and O–H groups in total. The fourth-order valence-electron chi connectivity index (χ4n) is 4.59. The average molecular weight is 513 g/mol. The Labute approximate surface area is 213 Å². The van der Waals surface area contributed by atoms with Crippen molar-refractivity contribution in [2.45, 2.75) is 58.0 Å². The zero-order valence-corrected chi connectivity index (χ0v) is 21.1. The Bertz CT molecular complexity index is 1370. The van der Waals surface area contributed by atoms with E-state index in [2.05, 4.69) is 0 Å². The Balaban J connectivity index is 1.96. The molecule has 9 heteroatoms. The van der Waals surface area contributed by atoms with E-state index in [4.69, 9.17) is 13.9 Å². The van der Waals surface area contributed by atoms with E-state index in [0.29, 0.717) is 16.9 Å². The monoisotopic (exact) mass is 512 g/mol. The predicted octanol–water partition coefficient (Wildman–Crippen LogP) is 3.26. The number of benzene rings is 2. The van der Waals surface area contributed by atoms with Crippen molar-refractivity contribution < 1.29 is 39.4 Å². The summed E-state index contributed by atoms with van der Waals surface area (Å²) in [5.74, 6) is -0.811. The van der Waals surface area contributed by atoms with Crippen molar-refractivity contribution >= 4 is 11.0 Å². The number of rotatable bonds is 6. The molecule has 1 saturated carbocycles. The summed E-state index contributed by atoms with van der Waals surface area (Å²) in [6.45, 7) is 5.49. The second-order valence-electron chi connectivity index (χ2n) is 9.74. The number of hydrogen-bond acceptors (Lipinski definition) is 9. The first-order valence-corrected chi connectivity index (χ1v) is 12.1. The van der Waals surface area contributed by atoms with E-state index in [0.717, 1.165) is 11.6 Å². The van der Waals surface area contributed by atoms with Gasteiger partial charge in [-0.05, 0) is 56.9 Å². The van der Waals surface area contributed by atoms with Crippen molar-refractivity contribution in [3.63, 3.8) is 0 Å². The maximum absolute atomic E-state index is 13.8. The molecule has 0 bridgehead atoms. The van der Waals surface area contributed by atoms with Gasteiger partial charge in [0.1, 0.15) is 46.5 Å². The summed E-state index contributed by atoms with van der Waals surface area (Å²) in [6.07, 6.45) is -2.84. The van der Waals surface area contributed by atoms with Gasteiger partial charge in [-0.15, -0.1) is 0 Å². The molecule has 9 nitrogen and oxygen atoms in total. The third kappa shape index (κ3) is 5.02. The number of allylic oxidation sites excluding steroid dienone is 2. The highest BCUT2D eigenvalue weighted by atomic mass is 16.5. The van der Waals surface area contributed by atoms with Crippen LogP contribution in [-0.4, -0.2) is 57.1 Å². The molecule has 5 unspecified atom stereocenters. The Kier molecular flexibility index (Phi) is 7.49. The standard InChI is InChI=1S/C28H32O9/c1-13(2)5-10-17-18(29)12-19(30)21-24(33)28(36-20-11-14(3)22(31)25(34)23(20)32)26(37-27(17)21)15-6-8-16(35-4)9-7-15/h5-9,12,14,20,22-23,25,29-32,34H,10-11H2,1-4H3. The Morgan fingerprint density at radius 1 is 1.05 bits per heavy atom. The highest BCUT2D eigenvalue weighted by Crippen LogP contribution is 2.40. The third-order valence-corrected chi connectivity index (χ3v) is 6.79. The first kappa shape index (κ1) is 26.5. The minimum Gasteiger partial charge on any atom is -0.507 e. The molecular weight excluding hydrogens is 480 g/mol. The van der Waals surface area contributed by atoms with Crippen LogP contribution in [0.5, 0.6) is 23.0 Å². The van der Waals surface area contributed by atoms with Gasteiger partial charge in [0.15, 0.2) is 5.76 Å². The minimum absolute atomic E-state index is 0.00573. The molecular formula is C28H32O9. The van der Waals surface area contributed by atoms with Crippen LogP contribution in [0.2, 0.25) is 0 Å². The molecule has 0 radical (unpaired) electrons. The molecule has 1 aromatic heterocycles. The Morgan fingerprint density at radius 3 is 2.35 bits per heavy atom. The van der Waals surface area contributed by atoms with Gasteiger partial charge in [-0.2, -0.15) is 0 Å². The van der Waals surface area contributed by atoms with Crippen LogP contribution in [-0.2, 0) is 6.42 Å². The van der Waals surface area contributed by atoms with Crippen LogP contribution in [0.3, 0.4) is 0 Å². The molecule has 5 atom stereocenters. The lowest BCUT2D eigenvalue weighted by Gasteiger charge is -2.39. The highest BCUT2D eigenvalue weighted by molar-refractivity contribution is 5.91. The molecule has 1 aliphatic rings. The Hall–Kier alpha value is -3.53. The van der Waals surface area contributed by atoms with Crippen LogP contribution in [0.25, 0.3) is 22.3 Å². The van der Waals surface area contributed by atoms with E-state index in [1.165, 1.54) is 7.11 Å². The number of methoxy groups -OCH3 is 1. The zero-order chi connectivity index (χ0) is 27.0.